The Kier molecular flexibility index (Phi) is 7.42. The summed E-state index contributed by atoms with van der Waals surface area (Å²) in [5, 5.41) is 9.27. The summed E-state index contributed by atoms with van der Waals surface area (Å²) in [5.41, 5.74) is 0.624. The molecule has 122 valence electrons. The van der Waals surface area contributed by atoms with E-state index in [4.69, 9.17) is 0 Å². The fraction of sp³-hybridized carbons (Fsp3) is 0.733. The molecule has 21 heavy (non-hydrogen) atoms. The molecule has 1 unspecified atom stereocenters. The van der Waals surface area contributed by atoms with Crippen molar-refractivity contribution in [1.82, 2.24) is 9.29 Å². The van der Waals surface area contributed by atoms with Gasteiger partial charge >= 0.3 is 0 Å². The molecule has 0 amide bonds. The zero-order valence-electron chi connectivity index (χ0n) is 13.3. The van der Waals surface area contributed by atoms with Gasteiger partial charge in [-0.3, -0.25) is 0 Å². The highest BCUT2D eigenvalue weighted by atomic mass is 32.2. The van der Waals surface area contributed by atoms with E-state index in [0.717, 1.165) is 32.1 Å². The molecule has 2 N–H and O–H groups in total. The van der Waals surface area contributed by atoms with Gasteiger partial charge in [-0.2, -0.15) is 0 Å². The molecule has 0 aliphatic carbocycles. The van der Waals surface area contributed by atoms with Gasteiger partial charge < -0.3 is 9.67 Å². The molecule has 0 bridgehead atoms. The minimum absolute atomic E-state index is 0.0116. The topological polar surface area (TPSA) is 71.3 Å². The number of aliphatic hydroxyl groups excluding tert-OH is 1. The summed E-state index contributed by atoms with van der Waals surface area (Å²) in [5.74, 6) is 0. The van der Waals surface area contributed by atoms with Crippen LogP contribution in [0.1, 0.15) is 58.6 Å². The van der Waals surface area contributed by atoms with Crippen LogP contribution < -0.4 is 4.72 Å². The molecule has 1 rings (SSSR count). The van der Waals surface area contributed by atoms with Crippen LogP contribution in [-0.4, -0.2) is 24.1 Å². The van der Waals surface area contributed by atoms with Crippen molar-refractivity contribution in [3.8, 4) is 0 Å². The first-order valence-corrected chi connectivity index (χ1v) is 9.29. The number of hydrogen-bond acceptors (Lipinski definition) is 3. The van der Waals surface area contributed by atoms with Crippen molar-refractivity contribution >= 4 is 10.0 Å². The van der Waals surface area contributed by atoms with Crippen molar-refractivity contribution < 1.29 is 13.5 Å². The maximum absolute atomic E-state index is 12.5. The third kappa shape index (κ3) is 5.13. The summed E-state index contributed by atoms with van der Waals surface area (Å²) >= 11 is 0. The molecule has 5 nitrogen and oxygen atoms in total. The van der Waals surface area contributed by atoms with E-state index in [1.807, 2.05) is 6.92 Å². The molecule has 1 aromatic heterocycles. The lowest BCUT2D eigenvalue weighted by atomic mass is 10.1. The van der Waals surface area contributed by atoms with Crippen molar-refractivity contribution in [1.29, 1.82) is 0 Å². The zero-order chi connectivity index (χ0) is 15.9. The van der Waals surface area contributed by atoms with Gasteiger partial charge in [0.15, 0.2) is 0 Å². The minimum atomic E-state index is -3.52. The van der Waals surface area contributed by atoms with Crippen LogP contribution in [0.5, 0.6) is 0 Å². The van der Waals surface area contributed by atoms with Crippen LogP contribution >= 0.6 is 0 Å². The van der Waals surface area contributed by atoms with Crippen LogP contribution in [0, 0.1) is 0 Å². The number of nitrogens with one attached hydrogen (secondary N) is 1. The first-order chi connectivity index (χ1) is 9.98. The smallest absolute Gasteiger partial charge is 0.242 e. The second kappa shape index (κ2) is 8.56. The van der Waals surface area contributed by atoms with Gasteiger partial charge in [-0.15, -0.1) is 0 Å². The Morgan fingerprint density at radius 1 is 1.24 bits per heavy atom. The van der Waals surface area contributed by atoms with Crippen molar-refractivity contribution in [3.05, 3.63) is 18.0 Å². The molecule has 0 radical (unpaired) electrons. The summed E-state index contributed by atoms with van der Waals surface area (Å²) < 4.78 is 29.5. The van der Waals surface area contributed by atoms with Gasteiger partial charge in [-0.1, -0.05) is 33.1 Å². The first-order valence-electron chi connectivity index (χ1n) is 7.80. The van der Waals surface area contributed by atoms with Crippen molar-refractivity contribution in [2.45, 2.75) is 77.0 Å². The molecule has 0 saturated carbocycles. The number of aryl methyl sites for hydroxylation is 1. The Balaban J connectivity index is 2.90. The average molecular weight is 316 g/mol. The van der Waals surface area contributed by atoms with Crippen LogP contribution in [-0.2, 0) is 23.2 Å². The molecule has 0 saturated heterocycles. The number of hydrogen-bond donors (Lipinski definition) is 2. The normalized spacial score (nSPS) is 13.5. The van der Waals surface area contributed by atoms with E-state index in [0.29, 0.717) is 12.2 Å². The summed E-state index contributed by atoms with van der Waals surface area (Å²) in [7, 11) is -3.52. The van der Waals surface area contributed by atoms with Crippen molar-refractivity contribution in [2.24, 2.45) is 0 Å². The summed E-state index contributed by atoms with van der Waals surface area (Å²) in [6, 6.07) is 1.54. The van der Waals surface area contributed by atoms with Crippen LogP contribution in [0.4, 0.5) is 0 Å². The molecular formula is C15H28N2O3S. The molecule has 1 heterocycles. The van der Waals surface area contributed by atoms with Crippen molar-refractivity contribution in [2.75, 3.05) is 0 Å². The van der Waals surface area contributed by atoms with E-state index in [1.165, 1.54) is 0 Å². The molecule has 0 fully saturated rings. The Labute approximate surface area is 128 Å². The number of unbranched alkanes of at least 4 members (excludes halogenated alkanes) is 1. The Bertz CT molecular complexity index is 502. The van der Waals surface area contributed by atoms with Gasteiger partial charge in [-0.25, -0.2) is 13.1 Å². The summed E-state index contributed by atoms with van der Waals surface area (Å²) in [6.45, 7) is 6.57. The van der Waals surface area contributed by atoms with Crippen LogP contribution in [0.15, 0.2) is 17.2 Å². The predicted octanol–water partition coefficient (Wildman–Crippen LogP) is 2.64. The highest BCUT2D eigenvalue weighted by Crippen LogP contribution is 2.17. The SMILES string of the molecule is CCCCC(CCC)NS(=O)(=O)c1cc(CO)n(CC)c1. The highest BCUT2D eigenvalue weighted by molar-refractivity contribution is 7.89. The Morgan fingerprint density at radius 3 is 2.43 bits per heavy atom. The molecule has 1 atom stereocenters. The second-order valence-electron chi connectivity index (χ2n) is 5.36. The number of sulfonamides is 1. The largest absolute Gasteiger partial charge is 0.390 e. The average Bonchev–Trinajstić information content (AvgIpc) is 2.88. The molecule has 1 aromatic rings. The third-order valence-electron chi connectivity index (χ3n) is 3.64. The molecule has 6 heteroatoms. The quantitative estimate of drug-likeness (QED) is 0.697. The van der Waals surface area contributed by atoms with E-state index < -0.39 is 10.0 Å². The van der Waals surface area contributed by atoms with Gasteiger partial charge in [0.25, 0.3) is 0 Å². The van der Waals surface area contributed by atoms with Gasteiger partial charge in [0.05, 0.1) is 11.5 Å². The van der Waals surface area contributed by atoms with Crippen LogP contribution in [0.2, 0.25) is 0 Å². The fourth-order valence-electron chi connectivity index (χ4n) is 2.45. The summed E-state index contributed by atoms with van der Waals surface area (Å²) in [4.78, 5) is 0.242. The Hall–Kier alpha value is -0.850. The third-order valence-corrected chi connectivity index (χ3v) is 5.13. The predicted molar refractivity (Wildman–Crippen MR) is 84.6 cm³/mol. The highest BCUT2D eigenvalue weighted by Gasteiger charge is 2.21. The maximum atomic E-state index is 12.5. The molecule has 0 aliphatic heterocycles. The molecular weight excluding hydrogens is 288 g/mol. The lowest BCUT2D eigenvalue weighted by Crippen LogP contribution is -2.34. The summed E-state index contributed by atoms with van der Waals surface area (Å²) in [6.07, 6.45) is 6.34. The van der Waals surface area contributed by atoms with E-state index in [1.54, 1.807) is 16.8 Å². The van der Waals surface area contributed by atoms with Crippen LogP contribution in [0.25, 0.3) is 0 Å². The maximum Gasteiger partial charge on any atom is 0.242 e. The lowest BCUT2D eigenvalue weighted by Gasteiger charge is -2.17. The standard InChI is InChI=1S/C15H28N2O3S/c1-4-7-9-13(8-5-2)16-21(19,20)15-10-14(12-18)17(6-3)11-15/h10-11,13,16,18H,4-9,12H2,1-3H3. The first kappa shape index (κ1) is 18.2. The lowest BCUT2D eigenvalue weighted by molar-refractivity contribution is 0.271. The van der Waals surface area contributed by atoms with Gasteiger partial charge in [-0.05, 0) is 25.8 Å². The zero-order valence-corrected chi connectivity index (χ0v) is 14.1. The number of rotatable bonds is 10. The number of nitrogens with zero attached hydrogens (tertiary/aromatic N) is 1. The molecule has 0 spiro atoms. The van der Waals surface area contributed by atoms with E-state index >= 15 is 0 Å². The molecule has 0 aromatic carbocycles. The number of aliphatic hydroxyl groups is 1. The second-order valence-corrected chi connectivity index (χ2v) is 7.07. The van der Waals surface area contributed by atoms with E-state index in [9.17, 15) is 13.5 Å². The van der Waals surface area contributed by atoms with E-state index in [2.05, 4.69) is 18.6 Å². The number of aromatic nitrogens is 1. The van der Waals surface area contributed by atoms with Gasteiger partial charge in [0, 0.05) is 24.5 Å². The Morgan fingerprint density at radius 2 is 1.95 bits per heavy atom. The minimum Gasteiger partial charge on any atom is -0.390 e. The van der Waals surface area contributed by atoms with Crippen LogP contribution in [0.3, 0.4) is 0 Å². The van der Waals surface area contributed by atoms with Gasteiger partial charge in [0.2, 0.25) is 10.0 Å². The molecule has 0 aliphatic rings. The van der Waals surface area contributed by atoms with Gasteiger partial charge in [0.1, 0.15) is 0 Å². The van der Waals surface area contributed by atoms with Crippen molar-refractivity contribution in [3.63, 3.8) is 0 Å². The monoisotopic (exact) mass is 316 g/mol. The fourth-order valence-corrected chi connectivity index (χ4v) is 3.82. The van der Waals surface area contributed by atoms with E-state index in [-0.39, 0.29) is 17.5 Å².